The number of hydrogen-bond donors (Lipinski definition) is 1. The molecular weight excluding hydrogens is 336 g/mol. The molecule has 1 saturated heterocycles. The minimum Gasteiger partial charge on any atom is -0.338 e. The predicted octanol–water partition coefficient (Wildman–Crippen LogP) is 2.56. The molecule has 1 aliphatic carbocycles. The number of tetrazole rings is 1. The molecule has 2 aromatic carbocycles. The fourth-order valence-corrected chi connectivity index (χ4v) is 4.18. The van der Waals surface area contributed by atoms with E-state index in [9.17, 15) is 0 Å². The fourth-order valence-electron chi connectivity index (χ4n) is 4.18. The molecule has 2 atom stereocenters. The Morgan fingerprint density at radius 1 is 0.926 bits per heavy atom. The Labute approximate surface area is 159 Å². The van der Waals surface area contributed by atoms with Gasteiger partial charge in [0.15, 0.2) is 0 Å². The zero-order valence-corrected chi connectivity index (χ0v) is 15.3. The van der Waals surface area contributed by atoms with Crippen LogP contribution in [0.3, 0.4) is 0 Å². The molecule has 0 amide bonds. The smallest absolute Gasteiger partial charge is 0.245 e. The van der Waals surface area contributed by atoms with Gasteiger partial charge in [-0.05, 0) is 51.8 Å². The molecular formula is C21H24N6. The van der Waals surface area contributed by atoms with Crippen molar-refractivity contribution in [1.29, 1.82) is 0 Å². The van der Waals surface area contributed by atoms with Crippen LogP contribution in [0.4, 0.5) is 5.95 Å². The van der Waals surface area contributed by atoms with Crippen molar-refractivity contribution >= 4 is 5.95 Å². The van der Waals surface area contributed by atoms with E-state index in [0.29, 0.717) is 12.5 Å². The van der Waals surface area contributed by atoms with E-state index in [0.717, 1.165) is 25.0 Å². The van der Waals surface area contributed by atoms with Crippen LogP contribution in [0.2, 0.25) is 0 Å². The Hall–Kier alpha value is -2.73. The Kier molecular flexibility index (Phi) is 4.13. The third-order valence-corrected chi connectivity index (χ3v) is 5.83. The lowest BCUT2D eigenvalue weighted by Crippen LogP contribution is -2.31. The van der Waals surface area contributed by atoms with Gasteiger partial charge in [0.25, 0.3) is 0 Å². The first-order valence-corrected chi connectivity index (χ1v) is 9.69. The molecule has 1 aliphatic heterocycles. The maximum absolute atomic E-state index is 6.37. The van der Waals surface area contributed by atoms with Crippen LogP contribution in [0, 0.1) is 11.8 Å². The highest BCUT2D eigenvalue weighted by Crippen LogP contribution is 2.41. The van der Waals surface area contributed by atoms with Crippen LogP contribution in [0.15, 0.2) is 54.6 Å². The van der Waals surface area contributed by atoms with Gasteiger partial charge in [-0.15, -0.1) is 0 Å². The largest absolute Gasteiger partial charge is 0.338 e. The van der Waals surface area contributed by atoms with E-state index in [-0.39, 0.29) is 6.04 Å². The average molecular weight is 360 g/mol. The lowest BCUT2D eigenvalue weighted by molar-refractivity contribution is 0.456. The summed E-state index contributed by atoms with van der Waals surface area (Å²) in [6.45, 7) is 2.48. The van der Waals surface area contributed by atoms with Crippen molar-refractivity contribution in [2.24, 2.45) is 17.6 Å². The van der Waals surface area contributed by atoms with Gasteiger partial charge in [0.1, 0.15) is 0 Å². The topological polar surface area (TPSA) is 72.9 Å². The molecule has 0 bridgehead atoms. The molecule has 138 valence electrons. The summed E-state index contributed by atoms with van der Waals surface area (Å²) in [5, 5.41) is 12.4. The van der Waals surface area contributed by atoms with Crippen LogP contribution in [0.5, 0.6) is 0 Å². The van der Waals surface area contributed by atoms with Crippen LogP contribution in [-0.2, 0) is 6.54 Å². The van der Waals surface area contributed by atoms with Gasteiger partial charge in [-0.1, -0.05) is 59.7 Å². The van der Waals surface area contributed by atoms with Crippen molar-refractivity contribution in [3.63, 3.8) is 0 Å². The number of anilines is 1. The van der Waals surface area contributed by atoms with Gasteiger partial charge in [0.05, 0.1) is 6.54 Å². The predicted molar refractivity (Wildman–Crippen MR) is 105 cm³/mol. The number of hydrogen-bond acceptors (Lipinski definition) is 5. The summed E-state index contributed by atoms with van der Waals surface area (Å²) in [7, 11) is 0. The maximum Gasteiger partial charge on any atom is 0.245 e. The molecule has 6 heteroatoms. The normalized spacial score (nSPS) is 22.3. The summed E-state index contributed by atoms with van der Waals surface area (Å²) in [6.07, 6.45) is 2.65. The minimum atomic E-state index is 0.229. The van der Waals surface area contributed by atoms with Crippen LogP contribution < -0.4 is 10.6 Å². The van der Waals surface area contributed by atoms with E-state index in [1.807, 2.05) is 10.7 Å². The van der Waals surface area contributed by atoms with Crippen LogP contribution in [0.25, 0.3) is 11.1 Å². The zero-order valence-electron chi connectivity index (χ0n) is 15.3. The van der Waals surface area contributed by atoms with Crippen LogP contribution in [0.1, 0.15) is 18.4 Å². The standard InChI is InChI=1S/C21H24N6/c22-20-14-26(13-19(20)18-10-11-18)21-23-24-25-27(21)12-15-6-8-17(9-7-15)16-4-2-1-3-5-16/h1-9,18-20H,10-14,22H2/t19-,20+/m0/s1. The first-order chi connectivity index (χ1) is 13.3. The Morgan fingerprint density at radius 2 is 1.67 bits per heavy atom. The van der Waals surface area contributed by atoms with Gasteiger partial charge in [-0.2, -0.15) is 0 Å². The molecule has 3 aromatic rings. The van der Waals surface area contributed by atoms with Crippen molar-refractivity contribution in [2.75, 3.05) is 18.0 Å². The van der Waals surface area contributed by atoms with Crippen LogP contribution in [-0.4, -0.2) is 39.3 Å². The van der Waals surface area contributed by atoms with Gasteiger partial charge in [-0.25, -0.2) is 4.68 Å². The lowest BCUT2D eigenvalue weighted by Gasteiger charge is -2.17. The highest BCUT2D eigenvalue weighted by Gasteiger charge is 2.42. The van der Waals surface area contributed by atoms with E-state index in [4.69, 9.17) is 5.73 Å². The number of aromatic nitrogens is 4. The van der Waals surface area contributed by atoms with E-state index in [1.54, 1.807) is 0 Å². The van der Waals surface area contributed by atoms with E-state index >= 15 is 0 Å². The van der Waals surface area contributed by atoms with Gasteiger partial charge in [0, 0.05) is 19.1 Å². The molecule has 0 unspecified atom stereocenters. The average Bonchev–Trinajstić information content (AvgIpc) is 3.32. The van der Waals surface area contributed by atoms with Gasteiger partial charge in [0.2, 0.25) is 5.95 Å². The monoisotopic (exact) mass is 360 g/mol. The summed E-state index contributed by atoms with van der Waals surface area (Å²) in [5.41, 5.74) is 10.0. The molecule has 2 aliphatic rings. The van der Waals surface area contributed by atoms with Crippen molar-refractivity contribution in [2.45, 2.75) is 25.4 Å². The second-order valence-corrected chi connectivity index (χ2v) is 7.77. The molecule has 0 radical (unpaired) electrons. The van der Waals surface area contributed by atoms with Crippen molar-refractivity contribution in [1.82, 2.24) is 20.2 Å². The number of rotatable bonds is 5. The second kappa shape index (κ2) is 6.78. The second-order valence-electron chi connectivity index (χ2n) is 7.77. The molecule has 1 aromatic heterocycles. The Morgan fingerprint density at radius 3 is 2.41 bits per heavy atom. The summed E-state index contributed by atoms with van der Waals surface area (Å²) < 4.78 is 1.89. The molecule has 2 fully saturated rings. The maximum atomic E-state index is 6.37. The highest BCUT2D eigenvalue weighted by atomic mass is 15.6. The quantitative estimate of drug-likeness (QED) is 0.757. The third-order valence-electron chi connectivity index (χ3n) is 5.83. The molecule has 5 rings (SSSR count). The van der Waals surface area contributed by atoms with Crippen molar-refractivity contribution in [3.05, 3.63) is 60.2 Å². The van der Waals surface area contributed by atoms with Gasteiger partial charge in [-0.3, -0.25) is 0 Å². The third kappa shape index (κ3) is 3.32. The molecule has 2 heterocycles. The first-order valence-electron chi connectivity index (χ1n) is 9.69. The highest BCUT2D eigenvalue weighted by molar-refractivity contribution is 5.63. The molecule has 27 heavy (non-hydrogen) atoms. The van der Waals surface area contributed by atoms with Gasteiger partial charge < -0.3 is 10.6 Å². The summed E-state index contributed by atoms with van der Waals surface area (Å²) >= 11 is 0. The Balaban J connectivity index is 1.31. The molecule has 0 spiro atoms. The molecule has 2 N–H and O–H groups in total. The zero-order chi connectivity index (χ0) is 18.2. The van der Waals surface area contributed by atoms with Crippen molar-refractivity contribution < 1.29 is 0 Å². The van der Waals surface area contributed by atoms with E-state index < -0.39 is 0 Å². The number of benzene rings is 2. The first kappa shape index (κ1) is 16.4. The number of nitrogens with two attached hydrogens (primary N) is 1. The SMILES string of the molecule is N[C@@H]1CN(c2nnnn2Cc2ccc(-c3ccccc3)cc2)C[C@H]1C1CC1. The lowest BCUT2D eigenvalue weighted by atomic mass is 9.99. The molecule has 1 saturated carbocycles. The summed E-state index contributed by atoms with van der Waals surface area (Å²) in [4.78, 5) is 2.26. The molecule has 6 nitrogen and oxygen atoms in total. The number of nitrogens with zero attached hydrogens (tertiary/aromatic N) is 5. The van der Waals surface area contributed by atoms with Crippen molar-refractivity contribution in [3.8, 4) is 11.1 Å². The fraction of sp³-hybridized carbons (Fsp3) is 0.381. The Bertz CT molecular complexity index is 900. The van der Waals surface area contributed by atoms with Gasteiger partial charge >= 0.3 is 0 Å². The van der Waals surface area contributed by atoms with E-state index in [1.165, 1.54) is 29.5 Å². The summed E-state index contributed by atoms with van der Waals surface area (Å²) in [6, 6.07) is 19.3. The van der Waals surface area contributed by atoms with E-state index in [2.05, 4.69) is 69.0 Å². The minimum absolute atomic E-state index is 0.229. The summed E-state index contributed by atoms with van der Waals surface area (Å²) in [5.74, 6) is 2.22. The van der Waals surface area contributed by atoms with Crippen LogP contribution >= 0.6 is 0 Å².